The molecule has 1 aromatic carbocycles. The van der Waals surface area contributed by atoms with Gasteiger partial charge in [0.2, 0.25) is 5.88 Å². The Morgan fingerprint density at radius 2 is 1.97 bits per heavy atom. The topological polar surface area (TPSA) is 95.9 Å². The lowest BCUT2D eigenvalue weighted by Gasteiger charge is -2.35. The smallest absolute Gasteiger partial charge is 0.413 e. The van der Waals surface area contributed by atoms with Crippen LogP contribution in [0.5, 0.6) is 11.6 Å². The normalized spacial score (nSPS) is 17.0. The molecule has 2 aromatic heterocycles. The van der Waals surface area contributed by atoms with Gasteiger partial charge in [0.05, 0.1) is 23.8 Å². The van der Waals surface area contributed by atoms with Crippen LogP contribution in [0.4, 0.5) is 9.18 Å². The minimum absolute atomic E-state index is 0.0122. The minimum atomic E-state index is -0.900. The maximum atomic E-state index is 15.1. The fourth-order valence-corrected chi connectivity index (χ4v) is 5.11. The van der Waals surface area contributed by atoms with Gasteiger partial charge in [0, 0.05) is 29.5 Å². The average molecular weight is 579 g/mol. The van der Waals surface area contributed by atoms with Gasteiger partial charge in [-0.25, -0.2) is 14.2 Å². The molecule has 210 valence electrons. The summed E-state index contributed by atoms with van der Waals surface area (Å²) >= 11 is 7.77. The number of halogens is 2. The monoisotopic (exact) mass is 578 g/mol. The molecule has 12 heteroatoms. The largest absolute Gasteiger partial charge is 0.488 e. The van der Waals surface area contributed by atoms with Gasteiger partial charge in [-0.05, 0) is 60.6 Å². The molecular formula is C27H32ClFN4O5S. The Hall–Kier alpha value is -3.02. The van der Waals surface area contributed by atoms with E-state index in [2.05, 4.69) is 15.2 Å². The summed E-state index contributed by atoms with van der Waals surface area (Å²) in [6.45, 7) is 12.9. The fourth-order valence-electron chi connectivity index (χ4n) is 3.94. The molecule has 1 saturated heterocycles. The Balaban J connectivity index is 1.47. The van der Waals surface area contributed by atoms with Crippen molar-refractivity contribution in [3.63, 3.8) is 0 Å². The molecule has 4 rings (SSSR count). The lowest BCUT2D eigenvalue weighted by Crippen LogP contribution is -2.51. The number of carbonyl (C=O) groups is 1. The number of hydrogen-bond acceptors (Lipinski definition) is 9. The zero-order chi connectivity index (χ0) is 28.5. The van der Waals surface area contributed by atoms with Crippen LogP contribution < -0.4 is 9.47 Å². The number of benzene rings is 1. The van der Waals surface area contributed by atoms with Crippen LogP contribution in [0.15, 0.2) is 30.5 Å². The highest BCUT2D eigenvalue weighted by Gasteiger charge is 2.46. The van der Waals surface area contributed by atoms with E-state index >= 15 is 4.39 Å². The van der Waals surface area contributed by atoms with Crippen molar-refractivity contribution in [1.82, 2.24) is 20.1 Å². The van der Waals surface area contributed by atoms with Crippen molar-refractivity contribution in [3.8, 4) is 32.8 Å². The van der Waals surface area contributed by atoms with E-state index in [9.17, 15) is 4.79 Å². The molecule has 1 aliphatic heterocycles. The van der Waals surface area contributed by atoms with Crippen LogP contribution in [-0.4, -0.2) is 62.9 Å². The molecule has 0 radical (unpaired) electrons. The van der Waals surface area contributed by atoms with Crippen LogP contribution in [-0.2, 0) is 9.47 Å². The average Bonchev–Trinajstić information content (AvgIpc) is 3.42. The third kappa shape index (κ3) is 6.95. The molecule has 39 heavy (non-hydrogen) atoms. The van der Waals surface area contributed by atoms with Crippen LogP contribution in [0.2, 0.25) is 5.02 Å². The van der Waals surface area contributed by atoms with Gasteiger partial charge in [0.25, 0.3) is 0 Å². The van der Waals surface area contributed by atoms with Crippen molar-refractivity contribution < 1.29 is 28.1 Å². The summed E-state index contributed by atoms with van der Waals surface area (Å²) in [7, 11) is 0. The van der Waals surface area contributed by atoms with Crippen LogP contribution in [0.25, 0.3) is 21.1 Å². The predicted octanol–water partition coefficient (Wildman–Crippen LogP) is 6.60. The third-order valence-corrected chi connectivity index (χ3v) is 6.93. The van der Waals surface area contributed by atoms with Gasteiger partial charge in [-0.3, -0.25) is 4.90 Å². The van der Waals surface area contributed by atoms with Crippen molar-refractivity contribution in [3.05, 3.63) is 41.3 Å². The maximum absolute atomic E-state index is 15.1. The lowest BCUT2D eigenvalue weighted by atomic mass is 10.2. The fraction of sp³-hybridized carbons (Fsp3) is 0.481. The second-order valence-electron chi connectivity index (χ2n) is 10.8. The molecule has 0 bridgehead atoms. The molecule has 0 aliphatic carbocycles. The van der Waals surface area contributed by atoms with Crippen molar-refractivity contribution in [2.45, 2.75) is 71.9 Å². The first-order valence-electron chi connectivity index (χ1n) is 12.5. The minimum Gasteiger partial charge on any atom is -0.488 e. The first-order chi connectivity index (χ1) is 18.2. The van der Waals surface area contributed by atoms with Gasteiger partial charge in [-0.2, -0.15) is 0 Å². The molecule has 1 amide bonds. The molecule has 9 nitrogen and oxygen atoms in total. The van der Waals surface area contributed by atoms with E-state index in [1.807, 2.05) is 19.9 Å². The van der Waals surface area contributed by atoms with E-state index in [1.165, 1.54) is 28.4 Å². The molecule has 3 heterocycles. The van der Waals surface area contributed by atoms with E-state index in [1.54, 1.807) is 46.9 Å². The van der Waals surface area contributed by atoms with Gasteiger partial charge in [-0.15, -0.1) is 10.2 Å². The number of aromatic nitrogens is 3. The standard InChI is InChI=1S/C27H32ClFN4O5S/c1-15(2)37-22-9-8-16(12-30-22)23-31-32-24(39-23)18-10-20(29)21(11-19(18)28)35-13-17-14-36-27(6,7)33(17)25(34)38-26(3,4)5/h8-12,15,17H,13-14H2,1-7H3/t17-/m0/s1. The zero-order valence-electron chi connectivity index (χ0n) is 22.9. The number of nitrogens with zero attached hydrogens (tertiary/aromatic N) is 4. The van der Waals surface area contributed by atoms with Gasteiger partial charge in [0.1, 0.15) is 27.9 Å². The summed E-state index contributed by atoms with van der Waals surface area (Å²) in [6.07, 6.45) is 1.13. The van der Waals surface area contributed by atoms with Crippen molar-refractivity contribution >= 4 is 29.0 Å². The highest BCUT2D eigenvalue weighted by molar-refractivity contribution is 7.18. The summed E-state index contributed by atoms with van der Waals surface area (Å²) in [6, 6.07) is 5.77. The first-order valence-corrected chi connectivity index (χ1v) is 13.7. The Labute approximate surface area is 236 Å². The molecule has 0 saturated carbocycles. The van der Waals surface area contributed by atoms with Gasteiger partial charge < -0.3 is 18.9 Å². The summed E-state index contributed by atoms with van der Waals surface area (Å²) < 4.78 is 37.8. The quantitative estimate of drug-likeness (QED) is 0.309. The van der Waals surface area contributed by atoms with E-state index in [0.29, 0.717) is 21.5 Å². The molecule has 0 spiro atoms. The van der Waals surface area contributed by atoms with E-state index in [0.717, 1.165) is 5.56 Å². The first kappa shape index (κ1) is 29.0. The molecule has 3 aromatic rings. The number of ether oxygens (including phenoxy) is 4. The van der Waals surface area contributed by atoms with Crippen LogP contribution in [0, 0.1) is 5.82 Å². The molecule has 0 N–H and O–H groups in total. The van der Waals surface area contributed by atoms with Crippen LogP contribution in [0.3, 0.4) is 0 Å². The Kier molecular flexibility index (Phi) is 8.34. The zero-order valence-corrected chi connectivity index (χ0v) is 24.5. The molecule has 1 aliphatic rings. The van der Waals surface area contributed by atoms with E-state index < -0.39 is 29.3 Å². The number of rotatable bonds is 7. The Morgan fingerprint density at radius 3 is 2.62 bits per heavy atom. The van der Waals surface area contributed by atoms with Gasteiger partial charge >= 0.3 is 6.09 Å². The van der Waals surface area contributed by atoms with Crippen LogP contribution in [0.1, 0.15) is 48.5 Å². The Bertz CT molecular complexity index is 1330. The molecular weight excluding hydrogens is 547 g/mol. The summed E-state index contributed by atoms with van der Waals surface area (Å²) in [5.74, 6) is -0.154. The van der Waals surface area contributed by atoms with Crippen molar-refractivity contribution in [1.29, 1.82) is 0 Å². The highest BCUT2D eigenvalue weighted by atomic mass is 35.5. The number of amides is 1. The molecule has 1 fully saturated rings. The number of hydrogen-bond donors (Lipinski definition) is 0. The highest BCUT2D eigenvalue weighted by Crippen LogP contribution is 2.38. The molecule has 1 atom stereocenters. The van der Waals surface area contributed by atoms with E-state index in [-0.39, 0.29) is 30.1 Å². The van der Waals surface area contributed by atoms with Crippen LogP contribution >= 0.6 is 22.9 Å². The summed E-state index contributed by atoms with van der Waals surface area (Å²) in [4.78, 5) is 18.6. The maximum Gasteiger partial charge on any atom is 0.413 e. The van der Waals surface area contributed by atoms with Crippen molar-refractivity contribution in [2.24, 2.45) is 0 Å². The third-order valence-electron chi connectivity index (χ3n) is 5.61. The van der Waals surface area contributed by atoms with E-state index in [4.69, 9.17) is 30.5 Å². The number of carbonyl (C=O) groups excluding carboxylic acids is 1. The lowest BCUT2D eigenvalue weighted by molar-refractivity contribution is -0.0637. The van der Waals surface area contributed by atoms with Gasteiger partial charge in [-0.1, -0.05) is 22.9 Å². The SMILES string of the molecule is CC(C)Oc1ccc(-c2nnc(-c3cc(F)c(OC[C@H]4COC(C)(C)N4C(=O)OC(C)(C)C)cc3Cl)s2)cn1. The van der Waals surface area contributed by atoms with Crippen molar-refractivity contribution in [2.75, 3.05) is 13.2 Å². The Morgan fingerprint density at radius 1 is 1.26 bits per heavy atom. The second kappa shape index (κ2) is 11.2. The predicted molar refractivity (Wildman–Crippen MR) is 147 cm³/mol. The second-order valence-corrected chi connectivity index (χ2v) is 12.2. The summed E-state index contributed by atoms with van der Waals surface area (Å²) in [5.41, 5.74) is -0.437. The summed E-state index contributed by atoms with van der Waals surface area (Å²) in [5, 5.41) is 9.71. The molecule has 0 unspecified atom stereocenters. The van der Waals surface area contributed by atoms with Gasteiger partial charge in [0.15, 0.2) is 11.6 Å². The number of pyridine rings is 1.